The average Bonchev–Trinajstić information content (AvgIpc) is 2.39. The van der Waals surface area contributed by atoms with Crippen molar-refractivity contribution in [3.05, 3.63) is 54.0 Å². The van der Waals surface area contributed by atoms with Gasteiger partial charge in [-0.1, -0.05) is 18.2 Å². The van der Waals surface area contributed by atoms with Crippen molar-refractivity contribution >= 4 is 11.5 Å². The monoisotopic (exact) mass is 232 g/mol. The third-order valence-electron chi connectivity index (χ3n) is 2.55. The molecule has 0 unspecified atom stereocenters. The molecule has 0 aliphatic carbocycles. The zero-order chi connectivity index (χ0) is 12.3. The number of para-hydroxylation sites is 1. The molecule has 0 fully saturated rings. The van der Waals surface area contributed by atoms with E-state index in [2.05, 4.69) is 4.98 Å². The maximum absolute atomic E-state index is 13.6. The first-order valence-corrected chi connectivity index (χ1v) is 5.26. The molecule has 0 aliphatic rings. The summed E-state index contributed by atoms with van der Waals surface area (Å²) >= 11 is 0. The number of hydrogen-bond acceptors (Lipinski definition) is 3. The van der Waals surface area contributed by atoms with Crippen molar-refractivity contribution in [1.82, 2.24) is 4.98 Å². The average molecular weight is 232 g/mol. The highest BCUT2D eigenvalue weighted by Crippen LogP contribution is 2.24. The zero-order valence-electron chi connectivity index (χ0n) is 9.47. The molecular weight excluding hydrogens is 219 g/mol. The largest absolute Gasteiger partial charge is 0.392 e. The lowest BCUT2D eigenvalue weighted by Crippen LogP contribution is -2.12. The first-order valence-electron chi connectivity index (χ1n) is 5.26. The maximum Gasteiger partial charge on any atom is 0.146 e. The Hall–Kier alpha value is -1.94. The first kappa shape index (κ1) is 11.5. The van der Waals surface area contributed by atoms with Gasteiger partial charge in [-0.25, -0.2) is 9.37 Å². The number of aliphatic hydroxyl groups excluding tert-OH is 1. The minimum absolute atomic E-state index is 0.0449. The SMILES string of the molecule is CN(c1ccc(CO)cn1)c1ccccc1F. The molecule has 2 rings (SSSR count). The van der Waals surface area contributed by atoms with E-state index in [4.69, 9.17) is 5.11 Å². The molecule has 2 aromatic rings. The van der Waals surface area contributed by atoms with E-state index < -0.39 is 0 Å². The molecule has 1 heterocycles. The molecular formula is C13H13FN2O. The van der Waals surface area contributed by atoms with Gasteiger partial charge in [0.2, 0.25) is 0 Å². The molecule has 1 aromatic heterocycles. The van der Waals surface area contributed by atoms with E-state index in [0.29, 0.717) is 11.5 Å². The molecule has 0 spiro atoms. The van der Waals surface area contributed by atoms with E-state index in [1.54, 1.807) is 48.5 Å². The van der Waals surface area contributed by atoms with Crippen LogP contribution in [0.15, 0.2) is 42.6 Å². The maximum atomic E-state index is 13.6. The van der Waals surface area contributed by atoms with E-state index in [0.717, 1.165) is 5.56 Å². The van der Waals surface area contributed by atoms with Gasteiger partial charge in [0.15, 0.2) is 0 Å². The molecule has 0 saturated heterocycles. The van der Waals surface area contributed by atoms with Crippen LogP contribution < -0.4 is 4.90 Å². The van der Waals surface area contributed by atoms with Crippen molar-refractivity contribution in [2.75, 3.05) is 11.9 Å². The second-order valence-electron chi connectivity index (χ2n) is 3.69. The number of aromatic nitrogens is 1. The molecule has 0 amide bonds. The van der Waals surface area contributed by atoms with Gasteiger partial charge in [0.05, 0.1) is 12.3 Å². The molecule has 0 saturated carbocycles. The van der Waals surface area contributed by atoms with Gasteiger partial charge in [0.25, 0.3) is 0 Å². The lowest BCUT2D eigenvalue weighted by atomic mass is 10.2. The van der Waals surface area contributed by atoms with Crippen molar-refractivity contribution < 1.29 is 9.50 Å². The Morgan fingerprint density at radius 3 is 2.59 bits per heavy atom. The van der Waals surface area contributed by atoms with Crippen LogP contribution in [0.1, 0.15) is 5.56 Å². The molecule has 1 aromatic carbocycles. The van der Waals surface area contributed by atoms with Gasteiger partial charge < -0.3 is 10.0 Å². The lowest BCUT2D eigenvalue weighted by molar-refractivity contribution is 0.281. The van der Waals surface area contributed by atoms with Crippen molar-refractivity contribution in [2.45, 2.75) is 6.61 Å². The summed E-state index contributed by atoms with van der Waals surface area (Å²) in [7, 11) is 1.75. The number of benzene rings is 1. The molecule has 0 bridgehead atoms. The fourth-order valence-electron chi connectivity index (χ4n) is 1.56. The fourth-order valence-corrected chi connectivity index (χ4v) is 1.56. The van der Waals surface area contributed by atoms with Crippen molar-refractivity contribution in [3.63, 3.8) is 0 Å². The number of pyridine rings is 1. The highest BCUT2D eigenvalue weighted by atomic mass is 19.1. The van der Waals surface area contributed by atoms with Crippen LogP contribution in [0, 0.1) is 5.82 Å². The molecule has 1 N–H and O–H groups in total. The number of nitrogens with zero attached hydrogens (tertiary/aromatic N) is 2. The third-order valence-corrected chi connectivity index (χ3v) is 2.55. The van der Waals surface area contributed by atoms with Crippen LogP contribution in [0.2, 0.25) is 0 Å². The molecule has 4 heteroatoms. The fraction of sp³-hybridized carbons (Fsp3) is 0.154. The first-order chi connectivity index (χ1) is 8.22. The lowest BCUT2D eigenvalue weighted by Gasteiger charge is -2.18. The molecule has 17 heavy (non-hydrogen) atoms. The number of aliphatic hydroxyl groups is 1. The Morgan fingerprint density at radius 2 is 2.00 bits per heavy atom. The van der Waals surface area contributed by atoms with Crippen molar-refractivity contribution in [2.24, 2.45) is 0 Å². The number of hydrogen-bond donors (Lipinski definition) is 1. The highest BCUT2D eigenvalue weighted by Gasteiger charge is 2.09. The number of rotatable bonds is 3. The molecule has 0 aliphatic heterocycles. The van der Waals surface area contributed by atoms with Gasteiger partial charge >= 0.3 is 0 Å². The van der Waals surface area contributed by atoms with E-state index >= 15 is 0 Å². The van der Waals surface area contributed by atoms with Gasteiger partial charge in [-0.05, 0) is 23.8 Å². The summed E-state index contributed by atoms with van der Waals surface area (Å²) in [5, 5.41) is 8.91. The topological polar surface area (TPSA) is 36.4 Å². The summed E-state index contributed by atoms with van der Waals surface area (Å²) in [6, 6.07) is 10.0. The highest BCUT2D eigenvalue weighted by molar-refractivity contribution is 5.59. The van der Waals surface area contributed by atoms with Gasteiger partial charge in [-0.3, -0.25) is 0 Å². The second-order valence-corrected chi connectivity index (χ2v) is 3.69. The Bertz CT molecular complexity index is 499. The van der Waals surface area contributed by atoms with E-state index in [-0.39, 0.29) is 12.4 Å². The summed E-state index contributed by atoms with van der Waals surface area (Å²) in [6.45, 7) is -0.0449. The van der Waals surface area contributed by atoms with Crippen LogP contribution in [0.4, 0.5) is 15.9 Å². The Balaban J connectivity index is 2.30. The standard InChI is InChI=1S/C13H13FN2O/c1-16(12-5-3-2-4-11(12)14)13-7-6-10(9-17)8-15-13/h2-8,17H,9H2,1H3. The Labute approximate surface area is 99.2 Å². The number of halogens is 1. The van der Waals surface area contributed by atoms with Crippen LogP contribution in [0.3, 0.4) is 0 Å². The van der Waals surface area contributed by atoms with E-state index in [1.165, 1.54) is 6.07 Å². The van der Waals surface area contributed by atoms with E-state index in [9.17, 15) is 4.39 Å². The van der Waals surface area contributed by atoms with Crippen LogP contribution in [-0.4, -0.2) is 17.1 Å². The normalized spacial score (nSPS) is 10.3. The van der Waals surface area contributed by atoms with Gasteiger partial charge in [0.1, 0.15) is 11.6 Å². The van der Waals surface area contributed by atoms with Gasteiger partial charge in [-0.15, -0.1) is 0 Å². The number of anilines is 2. The van der Waals surface area contributed by atoms with E-state index in [1.807, 2.05) is 0 Å². The summed E-state index contributed by atoms with van der Waals surface area (Å²) in [6.07, 6.45) is 1.58. The molecule has 0 atom stereocenters. The summed E-state index contributed by atoms with van der Waals surface area (Å²) in [5.74, 6) is 0.343. The second kappa shape index (κ2) is 4.93. The molecule has 0 radical (unpaired) electrons. The quantitative estimate of drug-likeness (QED) is 0.883. The Morgan fingerprint density at radius 1 is 1.24 bits per heavy atom. The molecule has 3 nitrogen and oxygen atoms in total. The minimum Gasteiger partial charge on any atom is -0.392 e. The van der Waals surface area contributed by atoms with Gasteiger partial charge in [0, 0.05) is 13.2 Å². The Kier molecular flexibility index (Phi) is 3.35. The van der Waals surface area contributed by atoms with Crippen LogP contribution in [0.5, 0.6) is 0 Å². The van der Waals surface area contributed by atoms with Crippen molar-refractivity contribution in [3.8, 4) is 0 Å². The third kappa shape index (κ3) is 2.42. The summed E-state index contributed by atoms with van der Waals surface area (Å²) in [4.78, 5) is 5.83. The van der Waals surface area contributed by atoms with Crippen LogP contribution in [-0.2, 0) is 6.61 Å². The van der Waals surface area contributed by atoms with Crippen LogP contribution in [0.25, 0.3) is 0 Å². The minimum atomic E-state index is -0.289. The smallest absolute Gasteiger partial charge is 0.146 e. The van der Waals surface area contributed by atoms with Crippen molar-refractivity contribution in [1.29, 1.82) is 0 Å². The molecule has 88 valence electrons. The van der Waals surface area contributed by atoms with Crippen LogP contribution >= 0.6 is 0 Å². The summed E-state index contributed by atoms with van der Waals surface area (Å²) in [5.41, 5.74) is 1.20. The zero-order valence-corrected chi connectivity index (χ0v) is 9.47. The summed E-state index contributed by atoms with van der Waals surface area (Å²) < 4.78 is 13.6. The van der Waals surface area contributed by atoms with Gasteiger partial charge in [-0.2, -0.15) is 0 Å². The predicted molar refractivity (Wildman–Crippen MR) is 64.6 cm³/mol. The predicted octanol–water partition coefficient (Wildman–Crippen LogP) is 2.48.